The van der Waals surface area contributed by atoms with Gasteiger partial charge >= 0.3 is 5.91 Å². The number of nitrogens with one attached hydrogen (secondary N) is 1. The van der Waals surface area contributed by atoms with Gasteiger partial charge < -0.3 is 9.47 Å². The van der Waals surface area contributed by atoms with E-state index in [0.29, 0.717) is 18.8 Å². The van der Waals surface area contributed by atoms with E-state index in [4.69, 9.17) is 15.2 Å². The van der Waals surface area contributed by atoms with Crippen LogP contribution in [0.15, 0.2) is 22.7 Å². The molecule has 0 amide bonds. The zero-order chi connectivity index (χ0) is 16.5. The fraction of sp³-hybridized carbons (Fsp3) is 0.400. The van der Waals surface area contributed by atoms with E-state index in [0.717, 1.165) is 0 Å². The van der Waals surface area contributed by atoms with E-state index in [-0.39, 0.29) is 10.3 Å². The fourth-order valence-corrected chi connectivity index (χ4v) is 4.41. The maximum atomic E-state index is 13.5. The summed E-state index contributed by atoms with van der Waals surface area (Å²) in [5.41, 5.74) is 4.10. The van der Waals surface area contributed by atoms with Gasteiger partial charge in [0.05, 0.1) is 29.8 Å². The summed E-state index contributed by atoms with van der Waals surface area (Å²) < 4.78 is 25.1. The van der Waals surface area contributed by atoms with Gasteiger partial charge in [0.25, 0.3) is 5.84 Å². The van der Waals surface area contributed by atoms with Crippen LogP contribution in [0.4, 0.5) is 4.39 Å². The molecule has 2 heterocycles. The molecule has 6 nitrogen and oxygen atoms in total. The molecular formula is C15H11BrFN4O2+. The fourth-order valence-electron chi connectivity index (χ4n) is 4.01. The molecule has 2 aliphatic heterocycles. The number of fused-ring (bicyclic) bond motifs is 2. The van der Waals surface area contributed by atoms with Gasteiger partial charge in [-0.15, -0.1) is 0 Å². The van der Waals surface area contributed by atoms with Gasteiger partial charge in [-0.25, -0.2) is 9.38 Å². The number of nitrogens with two attached hydrogens (primary N) is 1. The second-order valence-electron chi connectivity index (χ2n) is 5.80. The van der Waals surface area contributed by atoms with Crippen molar-refractivity contribution in [2.45, 2.75) is 11.8 Å². The van der Waals surface area contributed by atoms with Crippen molar-refractivity contribution < 1.29 is 18.9 Å². The minimum absolute atomic E-state index is 0.147. The van der Waals surface area contributed by atoms with Crippen LogP contribution >= 0.6 is 15.9 Å². The number of hydrogen-bond donors (Lipinski definition) is 2. The minimum Gasteiger partial charge on any atom is -0.311 e. The Morgan fingerprint density at radius 1 is 1.30 bits per heavy atom. The SMILES string of the molecule is N#C[C@@]12C(N)=[NH+]C3(OCCO3)[C@]1(C#N)[C@@H]2c1ccc(F)c(Br)c1. The first-order chi connectivity index (χ1) is 11.0. The van der Waals surface area contributed by atoms with Crippen molar-refractivity contribution in [3.63, 3.8) is 0 Å². The van der Waals surface area contributed by atoms with Gasteiger partial charge in [0.15, 0.2) is 10.8 Å². The average molecular weight is 378 g/mol. The molecule has 0 bridgehead atoms. The summed E-state index contributed by atoms with van der Waals surface area (Å²) in [6.45, 7) is 0.593. The molecule has 0 radical (unpaired) electrons. The number of hydrogen-bond acceptors (Lipinski definition) is 5. The zero-order valence-corrected chi connectivity index (χ0v) is 13.4. The summed E-state index contributed by atoms with van der Waals surface area (Å²) >= 11 is 3.13. The van der Waals surface area contributed by atoms with Crippen LogP contribution in [-0.2, 0) is 9.47 Å². The molecular weight excluding hydrogens is 367 g/mol. The van der Waals surface area contributed by atoms with Crippen LogP contribution in [0.3, 0.4) is 0 Å². The molecule has 8 heteroatoms. The van der Waals surface area contributed by atoms with E-state index in [1.165, 1.54) is 6.07 Å². The summed E-state index contributed by atoms with van der Waals surface area (Å²) in [7, 11) is 0. The highest BCUT2D eigenvalue weighted by Crippen LogP contribution is 2.79. The normalized spacial score (nSPS) is 36.2. The molecule has 3 N–H and O–H groups in total. The lowest BCUT2D eigenvalue weighted by Crippen LogP contribution is -2.89. The third-order valence-electron chi connectivity index (χ3n) is 4.97. The number of nitriles is 2. The molecule has 1 aliphatic carbocycles. The highest BCUT2D eigenvalue weighted by molar-refractivity contribution is 9.10. The maximum Gasteiger partial charge on any atom is 0.343 e. The standard InChI is InChI=1S/C15H10BrFN4O2/c16-9-5-8(1-2-10(9)17)11-13(6-18)12(20)21-15(14(11,13)7-19)22-3-4-23-15/h1-2,5,11H,3-4H2,(H2,20,21)/p+1/t11-,13-,14-/m1/s1. The van der Waals surface area contributed by atoms with Crippen molar-refractivity contribution >= 4 is 21.8 Å². The Morgan fingerprint density at radius 3 is 2.57 bits per heavy atom. The minimum atomic E-state index is -1.44. The molecule has 4 rings (SSSR count). The maximum absolute atomic E-state index is 13.5. The lowest BCUT2D eigenvalue weighted by molar-refractivity contribution is -0.676. The Kier molecular flexibility index (Phi) is 2.72. The Balaban J connectivity index is 1.93. The van der Waals surface area contributed by atoms with Crippen molar-refractivity contribution in [3.8, 4) is 12.1 Å². The van der Waals surface area contributed by atoms with Crippen LogP contribution in [0.25, 0.3) is 0 Å². The van der Waals surface area contributed by atoms with E-state index in [1.807, 2.05) is 0 Å². The molecule has 0 unspecified atom stereocenters. The molecule has 2 fully saturated rings. The van der Waals surface area contributed by atoms with Crippen molar-refractivity contribution in [3.05, 3.63) is 34.1 Å². The van der Waals surface area contributed by atoms with Gasteiger partial charge in [-0.3, -0.25) is 5.73 Å². The number of amidine groups is 1. The third kappa shape index (κ3) is 1.36. The summed E-state index contributed by atoms with van der Waals surface area (Å²) in [5.74, 6) is -2.28. The Bertz CT molecular complexity index is 839. The van der Waals surface area contributed by atoms with Gasteiger partial charge in [-0.05, 0) is 33.6 Å². The predicted molar refractivity (Wildman–Crippen MR) is 77.7 cm³/mol. The largest absolute Gasteiger partial charge is 0.343 e. The summed E-state index contributed by atoms with van der Waals surface area (Å²) in [6, 6.07) is 8.78. The number of benzene rings is 1. The number of nitrogens with zero attached hydrogens (tertiary/aromatic N) is 2. The van der Waals surface area contributed by atoms with E-state index in [1.54, 1.807) is 12.1 Å². The van der Waals surface area contributed by atoms with E-state index in [9.17, 15) is 14.9 Å². The molecule has 1 saturated carbocycles. The van der Waals surface area contributed by atoms with E-state index < -0.39 is 28.5 Å². The lowest BCUT2D eigenvalue weighted by atomic mass is 9.94. The molecule has 0 aromatic heterocycles. The van der Waals surface area contributed by atoms with Gasteiger partial charge in [-0.1, -0.05) is 6.07 Å². The van der Waals surface area contributed by atoms with Gasteiger partial charge in [0.1, 0.15) is 5.82 Å². The Morgan fingerprint density at radius 2 is 2.00 bits per heavy atom. The number of rotatable bonds is 1. The Labute approximate surface area is 139 Å². The molecule has 3 aliphatic rings. The smallest absolute Gasteiger partial charge is 0.311 e. The van der Waals surface area contributed by atoms with E-state index >= 15 is 0 Å². The van der Waals surface area contributed by atoms with Gasteiger partial charge in [0, 0.05) is 5.92 Å². The number of halogens is 2. The van der Waals surface area contributed by atoms with Crippen LogP contribution in [0.2, 0.25) is 0 Å². The quantitative estimate of drug-likeness (QED) is 0.708. The molecule has 1 aromatic carbocycles. The first kappa shape index (κ1) is 14.6. The van der Waals surface area contributed by atoms with Crippen molar-refractivity contribution in [2.75, 3.05) is 13.2 Å². The molecule has 1 saturated heterocycles. The van der Waals surface area contributed by atoms with Gasteiger partial charge in [0.2, 0.25) is 0 Å². The zero-order valence-electron chi connectivity index (χ0n) is 11.8. The van der Waals surface area contributed by atoms with Crippen LogP contribution in [0, 0.1) is 39.3 Å². The molecule has 116 valence electrons. The summed E-state index contributed by atoms with van der Waals surface area (Å²) in [6.07, 6.45) is 0. The van der Waals surface area contributed by atoms with Crippen LogP contribution in [0.1, 0.15) is 11.5 Å². The first-order valence-electron chi connectivity index (χ1n) is 6.95. The molecule has 3 atom stereocenters. The van der Waals surface area contributed by atoms with Crippen molar-refractivity contribution in [2.24, 2.45) is 16.6 Å². The van der Waals surface area contributed by atoms with E-state index in [2.05, 4.69) is 33.1 Å². The van der Waals surface area contributed by atoms with Crippen LogP contribution in [-0.4, -0.2) is 25.0 Å². The predicted octanol–water partition coefficient (Wildman–Crippen LogP) is -0.143. The molecule has 1 spiro atoms. The first-order valence-corrected chi connectivity index (χ1v) is 7.75. The average Bonchev–Trinajstić information content (AvgIpc) is 2.79. The molecule has 23 heavy (non-hydrogen) atoms. The third-order valence-corrected chi connectivity index (χ3v) is 5.58. The van der Waals surface area contributed by atoms with Crippen LogP contribution < -0.4 is 10.7 Å². The van der Waals surface area contributed by atoms with Crippen molar-refractivity contribution in [1.82, 2.24) is 0 Å². The van der Waals surface area contributed by atoms with Crippen molar-refractivity contribution in [1.29, 1.82) is 10.5 Å². The topological polar surface area (TPSA) is 106 Å². The second kappa shape index (κ2) is 4.30. The summed E-state index contributed by atoms with van der Waals surface area (Å²) in [5, 5.41) is 19.7. The molecule has 1 aromatic rings. The highest BCUT2D eigenvalue weighted by Gasteiger charge is 2.97. The van der Waals surface area contributed by atoms with Crippen LogP contribution in [0.5, 0.6) is 0 Å². The lowest BCUT2D eigenvalue weighted by Gasteiger charge is -2.23. The highest BCUT2D eigenvalue weighted by atomic mass is 79.9. The van der Waals surface area contributed by atoms with Gasteiger partial charge in [-0.2, -0.15) is 10.5 Å². The Hall–Kier alpha value is -2.00. The number of ether oxygens (including phenoxy) is 2. The monoisotopic (exact) mass is 377 g/mol. The second-order valence-corrected chi connectivity index (χ2v) is 6.65. The summed E-state index contributed by atoms with van der Waals surface area (Å²) in [4.78, 5) is 2.86.